The number of aromatic nitrogens is 3. The summed E-state index contributed by atoms with van der Waals surface area (Å²) >= 11 is 0.246. The lowest BCUT2D eigenvalue weighted by Crippen LogP contribution is -2.29. The molecule has 0 fully saturated rings. The van der Waals surface area contributed by atoms with E-state index in [4.69, 9.17) is 15.2 Å². The van der Waals surface area contributed by atoms with Crippen LogP contribution in [0.1, 0.15) is 0 Å². The monoisotopic (exact) mass is 592 g/mol. The molecule has 206 valence electrons. The van der Waals surface area contributed by atoms with Crippen LogP contribution in [0.5, 0.6) is 0 Å². The molecule has 0 spiro atoms. The van der Waals surface area contributed by atoms with Crippen molar-refractivity contribution in [3.8, 4) is 0 Å². The van der Waals surface area contributed by atoms with E-state index in [1.807, 2.05) is 0 Å². The summed E-state index contributed by atoms with van der Waals surface area (Å²) in [5.41, 5.74) is 6.04. The molecule has 5 N–H and O–H groups in total. The molecule has 3 aromatic rings. The zero-order valence-corrected chi connectivity index (χ0v) is 21.6. The second-order valence-electron chi connectivity index (χ2n) is 7.25. The van der Waals surface area contributed by atoms with Gasteiger partial charge in [0.1, 0.15) is 4.90 Å². The summed E-state index contributed by atoms with van der Waals surface area (Å²) in [7, 11) is -8.22. The van der Waals surface area contributed by atoms with Gasteiger partial charge in [0.05, 0.1) is 23.8 Å². The highest BCUT2D eigenvalue weighted by molar-refractivity contribution is 7.91. The fourth-order valence-corrected chi connectivity index (χ4v) is 4.94. The lowest BCUT2D eigenvalue weighted by atomic mass is 10.3. The van der Waals surface area contributed by atoms with Gasteiger partial charge in [-0.3, -0.25) is 8.74 Å². The summed E-state index contributed by atoms with van der Waals surface area (Å²) in [5, 5.41) is 14.0. The highest BCUT2D eigenvalue weighted by Crippen LogP contribution is 2.26. The van der Waals surface area contributed by atoms with Crippen LogP contribution in [0.3, 0.4) is 0 Å². The van der Waals surface area contributed by atoms with Crippen molar-refractivity contribution in [3.63, 3.8) is 0 Å². The lowest BCUT2D eigenvalue weighted by Gasteiger charge is -2.23. The number of halogens is 1. The normalized spacial score (nSPS) is 11.9. The summed E-state index contributed by atoms with van der Waals surface area (Å²) in [6.45, 7) is -0.440. The van der Waals surface area contributed by atoms with E-state index in [1.165, 1.54) is 17.0 Å². The molecule has 0 saturated carbocycles. The Balaban J connectivity index is 1.83. The molecule has 3 rings (SSSR count). The largest absolute Gasteiger partial charge is 0.398 e. The Morgan fingerprint density at radius 2 is 1.79 bits per heavy atom. The standard InChI is InChI=1S/C19H21FN6O9S3/c20-17-23-18(22-13-6-7-16(15(21)12-13)38(30,31)32)25-19(24-17)26(14-4-2-1-3-5-14)8-10-37(28,29)11-9-33-36-35-34-27/h1-7,12,27H,8-11,21H2,(H,30,31,32)(H,22,23,24,25). The number of rotatable bonds is 14. The molecule has 19 heteroatoms. The van der Waals surface area contributed by atoms with Gasteiger partial charge in [-0.1, -0.05) is 23.2 Å². The first-order chi connectivity index (χ1) is 18.0. The van der Waals surface area contributed by atoms with E-state index in [0.29, 0.717) is 5.69 Å². The molecule has 0 atom stereocenters. The van der Waals surface area contributed by atoms with Crippen LogP contribution in [-0.4, -0.2) is 66.3 Å². The van der Waals surface area contributed by atoms with Crippen LogP contribution in [0.2, 0.25) is 0 Å². The number of benzene rings is 2. The minimum atomic E-state index is -4.55. The Hall–Kier alpha value is -3.17. The maximum atomic E-state index is 14.4. The van der Waals surface area contributed by atoms with Crippen molar-refractivity contribution < 1.29 is 44.6 Å². The summed E-state index contributed by atoms with van der Waals surface area (Å²) in [6.07, 6.45) is -1.18. The Morgan fingerprint density at radius 3 is 2.45 bits per heavy atom. The quantitative estimate of drug-likeness (QED) is 0.0526. The minimum absolute atomic E-state index is 0.172. The number of hydrogen-bond donors (Lipinski definition) is 4. The van der Waals surface area contributed by atoms with Crippen LogP contribution in [0, 0.1) is 6.08 Å². The Bertz CT molecular complexity index is 1450. The van der Waals surface area contributed by atoms with Crippen molar-refractivity contribution >= 4 is 61.2 Å². The van der Waals surface area contributed by atoms with E-state index in [-0.39, 0.29) is 48.7 Å². The summed E-state index contributed by atoms with van der Waals surface area (Å²) in [6, 6.07) is 11.8. The van der Waals surface area contributed by atoms with E-state index in [0.717, 1.165) is 6.07 Å². The second kappa shape index (κ2) is 13.1. The summed E-state index contributed by atoms with van der Waals surface area (Å²) < 4.78 is 80.0. The van der Waals surface area contributed by atoms with Gasteiger partial charge in [0.2, 0.25) is 11.9 Å². The fourth-order valence-electron chi connectivity index (χ4n) is 3.02. The van der Waals surface area contributed by atoms with Crippen molar-refractivity contribution in [2.75, 3.05) is 40.6 Å². The Labute approximate surface area is 220 Å². The molecule has 0 aliphatic heterocycles. The van der Waals surface area contributed by atoms with Crippen LogP contribution >= 0.6 is 12.3 Å². The van der Waals surface area contributed by atoms with Crippen molar-refractivity contribution in [1.82, 2.24) is 15.0 Å². The van der Waals surface area contributed by atoms with Crippen molar-refractivity contribution in [1.29, 1.82) is 0 Å². The first kappa shape index (κ1) is 29.4. The highest BCUT2D eigenvalue weighted by atomic mass is 32.2. The summed E-state index contributed by atoms with van der Waals surface area (Å²) in [5.74, 6) is -1.29. The van der Waals surface area contributed by atoms with E-state index >= 15 is 0 Å². The molecule has 15 nitrogen and oxygen atoms in total. The van der Waals surface area contributed by atoms with Crippen LogP contribution in [-0.2, 0) is 33.5 Å². The minimum Gasteiger partial charge on any atom is -0.398 e. The van der Waals surface area contributed by atoms with Gasteiger partial charge < -0.3 is 16.0 Å². The lowest BCUT2D eigenvalue weighted by molar-refractivity contribution is -0.434. The molecule has 0 bridgehead atoms. The molecule has 0 unspecified atom stereocenters. The molecule has 0 aliphatic carbocycles. The first-order valence-corrected chi connectivity index (χ1v) is 14.3. The predicted octanol–water partition coefficient (Wildman–Crippen LogP) is 2.14. The molecular weight excluding hydrogens is 571 g/mol. The third-order valence-electron chi connectivity index (χ3n) is 4.66. The van der Waals surface area contributed by atoms with E-state index in [2.05, 4.69) is 29.6 Å². The molecule has 0 amide bonds. The zero-order chi connectivity index (χ0) is 27.8. The van der Waals surface area contributed by atoms with Gasteiger partial charge in [0.25, 0.3) is 10.1 Å². The van der Waals surface area contributed by atoms with Crippen LogP contribution < -0.4 is 16.0 Å². The van der Waals surface area contributed by atoms with E-state index in [1.54, 1.807) is 30.3 Å². The SMILES string of the molecule is Nc1cc(Nc2nc(F)nc(N(CCS(=O)(=O)CCOSOOO)c3ccccc3)n2)ccc1S(=O)(=O)O. The third kappa shape index (κ3) is 8.70. The topological polar surface area (TPSA) is 216 Å². The van der Waals surface area contributed by atoms with Gasteiger partial charge in [0, 0.05) is 17.9 Å². The molecule has 38 heavy (non-hydrogen) atoms. The smallest absolute Gasteiger partial charge is 0.315 e. The average molecular weight is 593 g/mol. The molecule has 2 aromatic carbocycles. The fraction of sp³-hybridized carbons (Fsp3) is 0.211. The maximum Gasteiger partial charge on any atom is 0.315 e. The molecule has 0 radical (unpaired) electrons. The van der Waals surface area contributed by atoms with Crippen molar-refractivity contribution in [2.24, 2.45) is 0 Å². The highest BCUT2D eigenvalue weighted by Gasteiger charge is 2.20. The van der Waals surface area contributed by atoms with Crippen molar-refractivity contribution in [3.05, 3.63) is 54.6 Å². The van der Waals surface area contributed by atoms with Gasteiger partial charge in [0.15, 0.2) is 22.2 Å². The first-order valence-electron chi connectivity index (χ1n) is 10.3. The number of nitrogens with two attached hydrogens (primary N) is 1. The maximum absolute atomic E-state index is 14.4. The average Bonchev–Trinajstić information content (AvgIpc) is 2.83. The van der Waals surface area contributed by atoms with Gasteiger partial charge in [-0.2, -0.15) is 27.8 Å². The molecule has 1 aromatic heterocycles. The number of sulfone groups is 1. The predicted molar refractivity (Wildman–Crippen MR) is 134 cm³/mol. The van der Waals surface area contributed by atoms with Gasteiger partial charge in [-0.25, -0.2) is 13.7 Å². The Morgan fingerprint density at radius 1 is 1.05 bits per heavy atom. The Kier molecular flexibility index (Phi) is 10.1. The molecule has 0 saturated heterocycles. The van der Waals surface area contributed by atoms with E-state index in [9.17, 15) is 25.8 Å². The van der Waals surface area contributed by atoms with E-state index < -0.39 is 42.4 Å². The second-order valence-corrected chi connectivity index (χ2v) is 11.5. The summed E-state index contributed by atoms with van der Waals surface area (Å²) in [4.78, 5) is 12.3. The number of hydrogen-bond acceptors (Lipinski definition) is 15. The number of nitrogens with zero attached hydrogens (tertiary/aromatic N) is 4. The third-order valence-corrected chi connectivity index (χ3v) is 7.56. The van der Waals surface area contributed by atoms with Crippen molar-refractivity contribution in [2.45, 2.75) is 4.90 Å². The number of nitrogen functional groups attached to an aromatic ring is 1. The van der Waals surface area contributed by atoms with Crippen LogP contribution in [0.4, 0.5) is 33.3 Å². The van der Waals surface area contributed by atoms with Gasteiger partial charge >= 0.3 is 6.08 Å². The molecule has 1 heterocycles. The van der Waals surface area contributed by atoms with Gasteiger partial charge in [-0.15, -0.1) is 4.33 Å². The zero-order valence-electron chi connectivity index (χ0n) is 19.2. The number of nitrogens with one attached hydrogen (secondary N) is 1. The molecule has 0 aliphatic rings. The number of anilines is 5. The molecular formula is C19H21FN6O9S3. The van der Waals surface area contributed by atoms with Crippen LogP contribution in [0.25, 0.3) is 0 Å². The van der Waals surface area contributed by atoms with Gasteiger partial charge in [-0.05, 0) is 30.3 Å². The number of para-hydroxylation sites is 1. The van der Waals surface area contributed by atoms with Crippen LogP contribution in [0.15, 0.2) is 53.4 Å².